The Morgan fingerprint density at radius 1 is 1.44 bits per heavy atom. The van der Waals surface area contributed by atoms with Crippen LogP contribution in [0.15, 0.2) is 24.4 Å². The Morgan fingerprint density at radius 2 is 2.19 bits per heavy atom. The van der Waals surface area contributed by atoms with Gasteiger partial charge in [0.1, 0.15) is 0 Å². The molecule has 0 aliphatic heterocycles. The maximum absolute atomic E-state index is 10.9. The van der Waals surface area contributed by atoms with E-state index in [0.717, 1.165) is 10.9 Å². The van der Waals surface area contributed by atoms with Crippen LogP contribution in [-0.2, 0) is 0 Å². The van der Waals surface area contributed by atoms with Gasteiger partial charge in [-0.15, -0.1) is 0 Å². The summed E-state index contributed by atoms with van der Waals surface area (Å²) in [6.45, 7) is 1.85. The molecule has 5 nitrogen and oxygen atoms in total. The molecule has 0 aliphatic carbocycles. The Kier molecular flexibility index (Phi) is 2.36. The number of para-hydroxylation sites is 1. The maximum atomic E-state index is 10.9. The van der Waals surface area contributed by atoms with Crippen molar-refractivity contribution in [3.63, 3.8) is 0 Å². The lowest BCUT2D eigenvalue weighted by molar-refractivity contribution is 0.259. The third-order valence-corrected chi connectivity index (χ3v) is 2.37. The molecule has 0 spiro atoms. The molecular weight excluding hydrogens is 204 g/mol. The van der Waals surface area contributed by atoms with E-state index in [2.05, 4.69) is 10.3 Å². The first kappa shape index (κ1) is 10.2. The van der Waals surface area contributed by atoms with E-state index in [1.54, 1.807) is 12.3 Å². The van der Waals surface area contributed by atoms with E-state index >= 15 is 0 Å². The minimum atomic E-state index is -0.599. The van der Waals surface area contributed by atoms with E-state index in [9.17, 15) is 4.79 Å². The molecule has 1 heterocycles. The van der Waals surface area contributed by atoms with E-state index in [4.69, 9.17) is 11.5 Å². The smallest absolute Gasteiger partial charge is 0.316 e. The van der Waals surface area contributed by atoms with Gasteiger partial charge in [0.05, 0.1) is 16.9 Å². The number of pyridine rings is 1. The largest absolute Gasteiger partial charge is 0.397 e. The number of aromatic nitrogens is 1. The Labute approximate surface area is 92.5 Å². The number of carbonyl (C=O) groups excluding carboxylic acids is 1. The molecule has 5 heteroatoms. The molecule has 16 heavy (non-hydrogen) atoms. The van der Waals surface area contributed by atoms with Gasteiger partial charge in [-0.2, -0.15) is 0 Å². The quantitative estimate of drug-likeness (QED) is 0.632. The molecule has 0 saturated heterocycles. The second kappa shape index (κ2) is 3.69. The van der Waals surface area contributed by atoms with E-state index < -0.39 is 6.03 Å². The second-order valence-corrected chi connectivity index (χ2v) is 3.55. The van der Waals surface area contributed by atoms with E-state index in [-0.39, 0.29) is 0 Å². The van der Waals surface area contributed by atoms with Crippen molar-refractivity contribution in [1.29, 1.82) is 0 Å². The molecule has 82 valence electrons. The summed E-state index contributed by atoms with van der Waals surface area (Å²) < 4.78 is 0. The zero-order valence-electron chi connectivity index (χ0n) is 8.82. The highest BCUT2D eigenvalue weighted by atomic mass is 16.2. The number of benzene rings is 1. The lowest BCUT2D eigenvalue weighted by Gasteiger charge is -2.10. The second-order valence-electron chi connectivity index (χ2n) is 3.55. The number of urea groups is 1. The summed E-state index contributed by atoms with van der Waals surface area (Å²) in [4.78, 5) is 15.1. The first-order valence-electron chi connectivity index (χ1n) is 4.80. The van der Waals surface area contributed by atoms with Gasteiger partial charge in [-0.25, -0.2) is 4.79 Å². The van der Waals surface area contributed by atoms with Crippen molar-refractivity contribution in [2.24, 2.45) is 5.73 Å². The molecule has 2 rings (SSSR count). The summed E-state index contributed by atoms with van der Waals surface area (Å²) in [5.74, 6) is 0. The molecule has 1 aromatic carbocycles. The van der Waals surface area contributed by atoms with Crippen LogP contribution in [-0.4, -0.2) is 11.0 Å². The van der Waals surface area contributed by atoms with E-state index in [1.165, 1.54) is 0 Å². The van der Waals surface area contributed by atoms with Crippen LogP contribution in [0.5, 0.6) is 0 Å². The molecular formula is C11H12N4O. The summed E-state index contributed by atoms with van der Waals surface area (Å²) in [6, 6.07) is 4.82. The Bertz CT molecular complexity index is 565. The van der Waals surface area contributed by atoms with Gasteiger partial charge in [0.2, 0.25) is 0 Å². The average molecular weight is 216 g/mol. The minimum absolute atomic E-state index is 0.574. The fourth-order valence-corrected chi connectivity index (χ4v) is 1.63. The molecule has 0 fully saturated rings. The van der Waals surface area contributed by atoms with Crippen LogP contribution in [0.3, 0.4) is 0 Å². The lowest BCUT2D eigenvalue weighted by Crippen LogP contribution is -2.20. The highest BCUT2D eigenvalue weighted by molar-refractivity contribution is 6.04. The molecule has 2 aromatic rings. The maximum Gasteiger partial charge on any atom is 0.316 e. The molecule has 5 N–H and O–H groups in total. The zero-order chi connectivity index (χ0) is 11.7. The van der Waals surface area contributed by atoms with E-state index in [0.29, 0.717) is 16.9 Å². The number of amides is 2. The lowest BCUT2D eigenvalue weighted by atomic mass is 10.1. The number of fused-ring (bicyclic) bond motifs is 1. The summed E-state index contributed by atoms with van der Waals surface area (Å²) in [6.07, 6.45) is 1.66. The number of hydrogen-bond acceptors (Lipinski definition) is 3. The number of primary amides is 1. The minimum Gasteiger partial charge on any atom is -0.397 e. The van der Waals surface area contributed by atoms with Crippen molar-refractivity contribution in [2.45, 2.75) is 6.92 Å². The van der Waals surface area contributed by atoms with Crippen molar-refractivity contribution >= 4 is 28.3 Å². The molecule has 0 bridgehead atoms. The SMILES string of the molecule is Cc1cnc2c(N)cccc2c1NC(N)=O. The first-order valence-corrected chi connectivity index (χ1v) is 4.80. The molecule has 0 atom stereocenters. The Hall–Kier alpha value is -2.30. The van der Waals surface area contributed by atoms with Gasteiger partial charge in [0.15, 0.2) is 0 Å². The Balaban J connectivity index is 2.74. The number of nitrogens with zero attached hydrogens (tertiary/aromatic N) is 1. The number of anilines is 2. The third kappa shape index (κ3) is 1.63. The fourth-order valence-electron chi connectivity index (χ4n) is 1.63. The van der Waals surface area contributed by atoms with Crippen molar-refractivity contribution in [1.82, 2.24) is 4.98 Å². The first-order chi connectivity index (χ1) is 7.59. The molecule has 1 aromatic heterocycles. The predicted octanol–water partition coefficient (Wildman–Crippen LogP) is 1.62. The number of hydrogen-bond donors (Lipinski definition) is 3. The van der Waals surface area contributed by atoms with Gasteiger partial charge >= 0.3 is 6.03 Å². The van der Waals surface area contributed by atoms with Crippen molar-refractivity contribution in [3.05, 3.63) is 30.0 Å². The fraction of sp³-hybridized carbons (Fsp3) is 0.0909. The van der Waals surface area contributed by atoms with Gasteiger partial charge < -0.3 is 16.8 Å². The number of nitrogen functional groups attached to an aromatic ring is 1. The third-order valence-electron chi connectivity index (χ3n) is 2.37. The van der Waals surface area contributed by atoms with Gasteiger partial charge in [-0.1, -0.05) is 12.1 Å². The van der Waals surface area contributed by atoms with Crippen molar-refractivity contribution in [2.75, 3.05) is 11.1 Å². The van der Waals surface area contributed by atoms with Gasteiger partial charge in [-0.3, -0.25) is 4.98 Å². The summed E-state index contributed by atoms with van der Waals surface area (Å²) in [7, 11) is 0. The summed E-state index contributed by atoms with van der Waals surface area (Å²) >= 11 is 0. The number of aryl methyl sites for hydroxylation is 1. The highest BCUT2D eigenvalue weighted by Gasteiger charge is 2.08. The topological polar surface area (TPSA) is 94.0 Å². The monoisotopic (exact) mass is 216 g/mol. The molecule has 0 aliphatic rings. The number of rotatable bonds is 1. The standard InChI is InChI=1S/C11H12N4O/c1-6-5-14-10-7(3-2-4-8(10)12)9(6)15-11(13)16/h2-5H,12H2,1H3,(H3,13,14,15,16). The Morgan fingerprint density at radius 3 is 2.88 bits per heavy atom. The number of nitrogens with one attached hydrogen (secondary N) is 1. The van der Waals surface area contributed by atoms with E-state index in [1.807, 2.05) is 19.1 Å². The molecule has 2 amide bonds. The van der Waals surface area contributed by atoms with Crippen molar-refractivity contribution in [3.8, 4) is 0 Å². The molecule has 0 unspecified atom stereocenters. The van der Waals surface area contributed by atoms with Crippen LogP contribution in [0.4, 0.5) is 16.2 Å². The van der Waals surface area contributed by atoms with Crippen LogP contribution in [0.1, 0.15) is 5.56 Å². The summed E-state index contributed by atoms with van der Waals surface area (Å²) in [5.41, 5.74) is 13.7. The predicted molar refractivity (Wildman–Crippen MR) is 64.1 cm³/mol. The molecule has 0 saturated carbocycles. The van der Waals surface area contributed by atoms with Gasteiger partial charge in [0, 0.05) is 11.6 Å². The number of carbonyl (C=O) groups is 1. The van der Waals surface area contributed by atoms with Crippen LogP contribution >= 0.6 is 0 Å². The van der Waals surface area contributed by atoms with Crippen LogP contribution in [0, 0.1) is 6.92 Å². The normalized spacial score (nSPS) is 10.3. The van der Waals surface area contributed by atoms with Crippen LogP contribution in [0.2, 0.25) is 0 Å². The number of nitrogens with two attached hydrogens (primary N) is 2. The zero-order valence-corrected chi connectivity index (χ0v) is 8.82. The summed E-state index contributed by atoms with van der Waals surface area (Å²) in [5, 5.41) is 3.38. The van der Waals surface area contributed by atoms with Gasteiger partial charge in [0.25, 0.3) is 0 Å². The average Bonchev–Trinajstić information content (AvgIpc) is 2.22. The molecule has 0 radical (unpaired) electrons. The highest BCUT2D eigenvalue weighted by Crippen LogP contribution is 2.28. The van der Waals surface area contributed by atoms with Gasteiger partial charge in [-0.05, 0) is 18.6 Å². The van der Waals surface area contributed by atoms with Crippen molar-refractivity contribution < 1.29 is 4.79 Å². The van der Waals surface area contributed by atoms with Crippen LogP contribution < -0.4 is 16.8 Å². The van der Waals surface area contributed by atoms with Crippen LogP contribution in [0.25, 0.3) is 10.9 Å².